The highest BCUT2D eigenvalue weighted by Crippen LogP contribution is 2.40. The van der Waals surface area contributed by atoms with Crippen LogP contribution in [-0.4, -0.2) is 20.9 Å². The van der Waals surface area contributed by atoms with E-state index in [1.807, 2.05) is 19.2 Å². The third-order valence-corrected chi connectivity index (χ3v) is 4.07. The number of nitrogens with zero attached hydrogens (tertiary/aromatic N) is 3. The summed E-state index contributed by atoms with van der Waals surface area (Å²) in [6.45, 7) is 3.71. The number of hydrogen-bond acceptors (Lipinski definition) is 5. The smallest absolute Gasteiger partial charge is 0.276 e. The van der Waals surface area contributed by atoms with Crippen molar-refractivity contribution in [2.75, 3.05) is 5.32 Å². The normalized spacial score (nSPS) is 14.4. The molecular formula is C13H14N4OS. The Morgan fingerprint density at radius 2 is 2.16 bits per heavy atom. The Kier molecular flexibility index (Phi) is 3.02. The Morgan fingerprint density at radius 3 is 2.89 bits per heavy atom. The first-order chi connectivity index (χ1) is 9.15. The summed E-state index contributed by atoms with van der Waals surface area (Å²) >= 11 is 1.46. The summed E-state index contributed by atoms with van der Waals surface area (Å²) < 4.78 is 0. The molecule has 98 valence electrons. The molecule has 2 aromatic heterocycles. The van der Waals surface area contributed by atoms with Crippen LogP contribution in [0.5, 0.6) is 0 Å². The van der Waals surface area contributed by atoms with E-state index in [1.54, 1.807) is 0 Å². The maximum Gasteiger partial charge on any atom is 0.276 e. The van der Waals surface area contributed by atoms with Gasteiger partial charge in [-0.25, -0.2) is 15.0 Å². The molecule has 0 aliphatic heterocycles. The summed E-state index contributed by atoms with van der Waals surface area (Å²) in [4.78, 5) is 24.7. The Morgan fingerprint density at radius 1 is 1.37 bits per heavy atom. The highest BCUT2D eigenvalue weighted by Gasteiger charge is 2.26. The zero-order chi connectivity index (χ0) is 13.4. The minimum atomic E-state index is -0.223. The number of rotatable bonds is 3. The molecule has 0 unspecified atom stereocenters. The highest BCUT2D eigenvalue weighted by atomic mass is 32.1. The molecule has 0 saturated heterocycles. The Balaban J connectivity index is 1.78. The first-order valence-corrected chi connectivity index (χ1v) is 7.08. The zero-order valence-corrected chi connectivity index (χ0v) is 11.6. The highest BCUT2D eigenvalue weighted by molar-refractivity contribution is 7.14. The molecule has 2 heterocycles. The van der Waals surface area contributed by atoms with Gasteiger partial charge in [-0.1, -0.05) is 0 Å². The number of thiazole rings is 1. The van der Waals surface area contributed by atoms with Crippen molar-refractivity contribution in [1.29, 1.82) is 0 Å². The summed E-state index contributed by atoms with van der Waals surface area (Å²) in [5, 5.41) is 5.47. The first-order valence-electron chi connectivity index (χ1n) is 6.20. The molecule has 1 saturated carbocycles. The standard InChI is InChI=1S/C13H14N4OS/c1-7-8(2)14-6-15-11(7)12(18)17-13-16-10(5-19-13)9-3-4-9/h5-6,9H,3-4H2,1-2H3,(H,16,17,18). The van der Waals surface area contributed by atoms with Gasteiger partial charge in [0, 0.05) is 22.6 Å². The molecule has 1 aliphatic rings. The zero-order valence-electron chi connectivity index (χ0n) is 10.8. The quantitative estimate of drug-likeness (QED) is 0.934. The lowest BCUT2D eigenvalue weighted by Crippen LogP contribution is -2.16. The number of nitrogens with one attached hydrogen (secondary N) is 1. The van der Waals surface area contributed by atoms with Crippen LogP contribution in [0.1, 0.15) is 46.2 Å². The van der Waals surface area contributed by atoms with Gasteiger partial charge in [0.05, 0.1) is 5.69 Å². The van der Waals surface area contributed by atoms with Crippen LogP contribution in [0.25, 0.3) is 0 Å². The maximum atomic E-state index is 12.1. The van der Waals surface area contributed by atoms with E-state index < -0.39 is 0 Å². The van der Waals surface area contributed by atoms with E-state index in [1.165, 1.54) is 30.5 Å². The molecule has 1 aliphatic carbocycles. The maximum absolute atomic E-state index is 12.1. The van der Waals surface area contributed by atoms with E-state index >= 15 is 0 Å². The number of carbonyl (C=O) groups excluding carboxylic acids is 1. The van der Waals surface area contributed by atoms with Gasteiger partial charge in [-0.3, -0.25) is 10.1 Å². The van der Waals surface area contributed by atoms with Crippen LogP contribution >= 0.6 is 11.3 Å². The molecule has 1 fully saturated rings. The first kappa shape index (κ1) is 12.2. The van der Waals surface area contributed by atoms with Crippen molar-refractivity contribution in [3.63, 3.8) is 0 Å². The van der Waals surface area contributed by atoms with Crippen LogP contribution in [-0.2, 0) is 0 Å². The van der Waals surface area contributed by atoms with E-state index in [-0.39, 0.29) is 5.91 Å². The van der Waals surface area contributed by atoms with Gasteiger partial charge in [-0.05, 0) is 26.7 Å². The summed E-state index contributed by atoms with van der Waals surface area (Å²) in [7, 11) is 0. The number of amides is 1. The molecule has 6 heteroatoms. The van der Waals surface area contributed by atoms with Crippen molar-refractivity contribution in [2.24, 2.45) is 0 Å². The van der Waals surface area contributed by atoms with Gasteiger partial charge in [0.15, 0.2) is 5.13 Å². The summed E-state index contributed by atoms with van der Waals surface area (Å²) in [5.74, 6) is 0.379. The van der Waals surface area contributed by atoms with Crippen LogP contribution in [0.2, 0.25) is 0 Å². The van der Waals surface area contributed by atoms with Crippen molar-refractivity contribution in [3.05, 3.63) is 34.4 Å². The minimum absolute atomic E-state index is 0.223. The second-order valence-electron chi connectivity index (χ2n) is 4.74. The van der Waals surface area contributed by atoms with E-state index in [2.05, 4.69) is 20.3 Å². The van der Waals surface area contributed by atoms with E-state index in [0.29, 0.717) is 16.7 Å². The van der Waals surface area contributed by atoms with Crippen LogP contribution in [0.3, 0.4) is 0 Å². The average Bonchev–Trinajstić information content (AvgIpc) is 3.14. The number of anilines is 1. The molecule has 0 atom stereocenters. The third kappa shape index (κ3) is 2.49. The predicted molar refractivity (Wildman–Crippen MR) is 73.5 cm³/mol. The molecule has 1 amide bonds. The Labute approximate surface area is 115 Å². The average molecular weight is 274 g/mol. The molecule has 19 heavy (non-hydrogen) atoms. The lowest BCUT2D eigenvalue weighted by Gasteiger charge is -2.05. The minimum Gasteiger partial charge on any atom is -0.296 e. The van der Waals surface area contributed by atoms with E-state index in [9.17, 15) is 4.79 Å². The topological polar surface area (TPSA) is 67.8 Å². The number of hydrogen-bond donors (Lipinski definition) is 1. The van der Waals surface area contributed by atoms with Gasteiger partial charge < -0.3 is 0 Å². The summed E-state index contributed by atoms with van der Waals surface area (Å²) in [5.41, 5.74) is 3.13. The number of aromatic nitrogens is 3. The Bertz CT molecular complexity index is 633. The largest absolute Gasteiger partial charge is 0.296 e. The van der Waals surface area contributed by atoms with Crippen molar-refractivity contribution >= 4 is 22.4 Å². The van der Waals surface area contributed by atoms with E-state index in [0.717, 1.165) is 17.0 Å². The second kappa shape index (κ2) is 4.70. The molecular weight excluding hydrogens is 260 g/mol. The van der Waals surface area contributed by atoms with Crippen molar-refractivity contribution < 1.29 is 4.79 Å². The van der Waals surface area contributed by atoms with Crippen LogP contribution < -0.4 is 5.32 Å². The lowest BCUT2D eigenvalue weighted by atomic mass is 10.2. The predicted octanol–water partition coefficient (Wildman–Crippen LogP) is 2.68. The van der Waals surface area contributed by atoms with Gasteiger partial charge in [0.2, 0.25) is 0 Å². The molecule has 0 spiro atoms. The molecule has 0 radical (unpaired) electrons. The SMILES string of the molecule is Cc1ncnc(C(=O)Nc2nc(C3CC3)cs2)c1C. The molecule has 0 bridgehead atoms. The van der Waals surface area contributed by atoms with Crippen molar-refractivity contribution in [3.8, 4) is 0 Å². The van der Waals surface area contributed by atoms with Crippen molar-refractivity contribution in [1.82, 2.24) is 15.0 Å². The molecule has 0 aromatic carbocycles. The molecule has 3 rings (SSSR count). The van der Waals surface area contributed by atoms with Gasteiger partial charge in [-0.15, -0.1) is 11.3 Å². The lowest BCUT2D eigenvalue weighted by molar-refractivity contribution is 0.102. The summed E-state index contributed by atoms with van der Waals surface area (Å²) in [6, 6.07) is 0. The monoisotopic (exact) mass is 274 g/mol. The molecule has 1 N–H and O–H groups in total. The van der Waals surface area contributed by atoms with Gasteiger partial charge >= 0.3 is 0 Å². The van der Waals surface area contributed by atoms with Crippen LogP contribution in [0.15, 0.2) is 11.7 Å². The van der Waals surface area contributed by atoms with Gasteiger partial charge in [0.25, 0.3) is 5.91 Å². The van der Waals surface area contributed by atoms with Gasteiger partial charge in [0.1, 0.15) is 12.0 Å². The third-order valence-electron chi connectivity index (χ3n) is 3.29. The molecule has 5 nitrogen and oxygen atoms in total. The second-order valence-corrected chi connectivity index (χ2v) is 5.60. The number of carbonyl (C=O) groups is 1. The number of aryl methyl sites for hydroxylation is 1. The van der Waals surface area contributed by atoms with Gasteiger partial charge in [-0.2, -0.15) is 0 Å². The Hall–Kier alpha value is -1.82. The fourth-order valence-electron chi connectivity index (χ4n) is 1.83. The van der Waals surface area contributed by atoms with Crippen molar-refractivity contribution in [2.45, 2.75) is 32.6 Å². The fourth-order valence-corrected chi connectivity index (χ4v) is 2.62. The van der Waals surface area contributed by atoms with Crippen LogP contribution in [0.4, 0.5) is 5.13 Å². The fraction of sp³-hybridized carbons (Fsp3) is 0.385. The summed E-state index contributed by atoms with van der Waals surface area (Å²) in [6.07, 6.45) is 3.83. The van der Waals surface area contributed by atoms with Crippen LogP contribution in [0, 0.1) is 13.8 Å². The van der Waals surface area contributed by atoms with E-state index in [4.69, 9.17) is 0 Å². The molecule has 2 aromatic rings.